The molecule has 26 heavy (non-hydrogen) atoms. The van der Waals surface area contributed by atoms with E-state index in [-0.39, 0.29) is 10.8 Å². The number of amides is 1. The molecule has 1 amide bonds. The number of carbonyl (C=O) groups is 1. The van der Waals surface area contributed by atoms with E-state index in [2.05, 4.69) is 5.32 Å². The van der Waals surface area contributed by atoms with Gasteiger partial charge in [0.05, 0.1) is 4.90 Å². The SMILES string of the molecule is CCN(CC)S(=O)(=O)c1ccc(NC(=O)/C(C)=C\c2ccccc2)cc1. The minimum atomic E-state index is -3.49. The van der Waals surface area contributed by atoms with Gasteiger partial charge in [-0.15, -0.1) is 0 Å². The van der Waals surface area contributed by atoms with Crippen LogP contribution < -0.4 is 5.32 Å². The minimum absolute atomic E-state index is 0.218. The number of sulfonamides is 1. The van der Waals surface area contributed by atoms with E-state index >= 15 is 0 Å². The molecule has 0 radical (unpaired) electrons. The largest absolute Gasteiger partial charge is 0.322 e. The maximum Gasteiger partial charge on any atom is 0.251 e. The van der Waals surface area contributed by atoms with Crippen LogP contribution in [0, 0.1) is 0 Å². The van der Waals surface area contributed by atoms with Gasteiger partial charge in [-0.3, -0.25) is 4.79 Å². The van der Waals surface area contributed by atoms with Crippen molar-refractivity contribution in [3.63, 3.8) is 0 Å². The lowest BCUT2D eigenvalue weighted by Crippen LogP contribution is -2.30. The van der Waals surface area contributed by atoms with Crippen LogP contribution in [-0.4, -0.2) is 31.7 Å². The standard InChI is InChI=1S/C20H24N2O3S/c1-4-22(5-2)26(24,25)19-13-11-18(12-14-19)21-20(23)16(3)15-17-9-7-6-8-10-17/h6-15H,4-5H2,1-3H3,(H,21,23)/b16-15-. The molecule has 0 saturated carbocycles. The summed E-state index contributed by atoms with van der Waals surface area (Å²) in [6.07, 6.45) is 1.80. The molecular weight excluding hydrogens is 348 g/mol. The average Bonchev–Trinajstić information content (AvgIpc) is 2.63. The third kappa shape index (κ3) is 4.80. The zero-order chi connectivity index (χ0) is 19.2. The van der Waals surface area contributed by atoms with E-state index in [9.17, 15) is 13.2 Å². The first-order chi connectivity index (χ1) is 12.4. The van der Waals surface area contributed by atoms with Crippen LogP contribution in [0.1, 0.15) is 26.3 Å². The number of hydrogen-bond donors (Lipinski definition) is 1. The minimum Gasteiger partial charge on any atom is -0.322 e. The molecule has 2 rings (SSSR count). The number of hydrogen-bond acceptors (Lipinski definition) is 3. The Balaban J connectivity index is 2.12. The first kappa shape index (κ1) is 19.9. The lowest BCUT2D eigenvalue weighted by molar-refractivity contribution is -0.112. The Hall–Kier alpha value is -2.44. The smallest absolute Gasteiger partial charge is 0.251 e. The summed E-state index contributed by atoms with van der Waals surface area (Å²) in [5, 5.41) is 2.78. The lowest BCUT2D eigenvalue weighted by atomic mass is 10.1. The molecule has 6 heteroatoms. The zero-order valence-corrected chi connectivity index (χ0v) is 16.1. The normalized spacial score (nSPS) is 12.2. The summed E-state index contributed by atoms with van der Waals surface area (Å²) >= 11 is 0. The number of nitrogens with zero attached hydrogens (tertiary/aromatic N) is 1. The highest BCUT2D eigenvalue weighted by Gasteiger charge is 2.21. The molecule has 0 aliphatic heterocycles. The molecule has 0 unspecified atom stereocenters. The molecule has 5 nitrogen and oxygen atoms in total. The Labute approximate surface area is 155 Å². The second-order valence-electron chi connectivity index (χ2n) is 5.81. The first-order valence-electron chi connectivity index (χ1n) is 8.53. The Bertz CT molecular complexity index is 869. The molecule has 0 spiro atoms. The van der Waals surface area contributed by atoms with Crippen molar-refractivity contribution in [3.05, 3.63) is 65.7 Å². The molecule has 0 heterocycles. The lowest BCUT2D eigenvalue weighted by Gasteiger charge is -2.18. The van der Waals surface area contributed by atoms with Crippen LogP contribution in [0.5, 0.6) is 0 Å². The van der Waals surface area contributed by atoms with Crippen molar-refractivity contribution >= 4 is 27.7 Å². The third-order valence-electron chi connectivity index (χ3n) is 4.00. The van der Waals surface area contributed by atoms with Crippen LogP contribution in [0.25, 0.3) is 6.08 Å². The molecule has 0 fully saturated rings. The highest BCUT2D eigenvalue weighted by molar-refractivity contribution is 7.89. The van der Waals surface area contributed by atoms with Gasteiger partial charge in [-0.05, 0) is 42.8 Å². The van der Waals surface area contributed by atoms with Crippen LogP contribution in [0.2, 0.25) is 0 Å². The van der Waals surface area contributed by atoms with E-state index in [4.69, 9.17) is 0 Å². The Kier molecular flexibility index (Phi) is 6.71. The Morgan fingerprint density at radius 2 is 1.58 bits per heavy atom. The molecule has 0 aliphatic rings. The predicted molar refractivity (Wildman–Crippen MR) is 105 cm³/mol. The molecule has 2 aromatic carbocycles. The molecule has 1 N–H and O–H groups in total. The monoisotopic (exact) mass is 372 g/mol. The number of carbonyl (C=O) groups excluding carboxylic acids is 1. The van der Waals surface area contributed by atoms with Gasteiger partial charge in [0.1, 0.15) is 0 Å². The highest BCUT2D eigenvalue weighted by Crippen LogP contribution is 2.19. The van der Waals surface area contributed by atoms with Crippen molar-refractivity contribution in [3.8, 4) is 0 Å². The number of anilines is 1. The average molecular weight is 372 g/mol. The second-order valence-corrected chi connectivity index (χ2v) is 7.74. The molecule has 0 atom stereocenters. The second kappa shape index (κ2) is 8.78. The summed E-state index contributed by atoms with van der Waals surface area (Å²) in [4.78, 5) is 12.5. The van der Waals surface area contributed by atoms with Gasteiger partial charge in [0.25, 0.3) is 5.91 Å². The number of rotatable bonds is 7. The molecule has 0 bridgehead atoms. The van der Waals surface area contributed by atoms with Gasteiger partial charge in [0.15, 0.2) is 0 Å². The summed E-state index contributed by atoms with van der Waals surface area (Å²) in [6, 6.07) is 15.8. The van der Waals surface area contributed by atoms with Crippen LogP contribution in [0.4, 0.5) is 5.69 Å². The molecule has 0 saturated heterocycles. The molecule has 2 aromatic rings. The number of nitrogens with one attached hydrogen (secondary N) is 1. The Morgan fingerprint density at radius 3 is 2.12 bits per heavy atom. The summed E-state index contributed by atoms with van der Waals surface area (Å²) < 4.78 is 26.3. The van der Waals surface area contributed by atoms with Crippen LogP contribution >= 0.6 is 0 Å². The van der Waals surface area contributed by atoms with Crippen molar-refractivity contribution in [1.29, 1.82) is 0 Å². The molecule has 0 aromatic heterocycles. The maximum atomic E-state index is 12.5. The topological polar surface area (TPSA) is 66.5 Å². The van der Waals surface area contributed by atoms with Crippen LogP contribution in [-0.2, 0) is 14.8 Å². The summed E-state index contributed by atoms with van der Waals surface area (Å²) in [6.45, 7) is 6.18. The van der Waals surface area contributed by atoms with Gasteiger partial charge < -0.3 is 5.32 Å². The predicted octanol–water partition coefficient (Wildman–Crippen LogP) is 3.76. The molecule has 0 aliphatic carbocycles. The zero-order valence-electron chi connectivity index (χ0n) is 15.3. The fourth-order valence-electron chi connectivity index (χ4n) is 2.52. The van der Waals surface area contributed by atoms with E-state index in [1.54, 1.807) is 39.0 Å². The van der Waals surface area contributed by atoms with E-state index in [0.29, 0.717) is 24.4 Å². The van der Waals surface area contributed by atoms with Gasteiger partial charge >= 0.3 is 0 Å². The molecular formula is C20H24N2O3S. The van der Waals surface area contributed by atoms with Crippen molar-refractivity contribution < 1.29 is 13.2 Å². The van der Waals surface area contributed by atoms with E-state index < -0.39 is 10.0 Å². The van der Waals surface area contributed by atoms with Gasteiger partial charge in [0.2, 0.25) is 10.0 Å². The summed E-state index contributed by atoms with van der Waals surface area (Å²) in [7, 11) is -3.49. The van der Waals surface area contributed by atoms with Gasteiger partial charge in [-0.25, -0.2) is 8.42 Å². The number of benzene rings is 2. The van der Waals surface area contributed by atoms with Gasteiger partial charge in [0, 0.05) is 24.4 Å². The fraction of sp³-hybridized carbons (Fsp3) is 0.250. The van der Waals surface area contributed by atoms with Gasteiger partial charge in [-0.1, -0.05) is 44.2 Å². The summed E-state index contributed by atoms with van der Waals surface area (Å²) in [5.41, 5.74) is 2.06. The van der Waals surface area contributed by atoms with Crippen LogP contribution in [0.15, 0.2) is 65.1 Å². The fourth-order valence-corrected chi connectivity index (χ4v) is 3.98. The summed E-state index contributed by atoms with van der Waals surface area (Å²) in [5.74, 6) is -0.229. The van der Waals surface area contributed by atoms with Crippen LogP contribution in [0.3, 0.4) is 0 Å². The van der Waals surface area contributed by atoms with E-state index in [1.165, 1.54) is 16.4 Å². The Morgan fingerprint density at radius 1 is 1.00 bits per heavy atom. The van der Waals surface area contributed by atoms with Crippen molar-refractivity contribution in [2.45, 2.75) is 25.7 Å². The third-order valence-corrected chi connectivity index (χ3v) is 6.06. The van der Waals surface area contributed by atoms with Crippen molar-refractivity contribution in [2.75, 3.05) is 18.4 Å². The van der Waals surface area contributed by atoms with E-state index in [1.807, 2.05) is 30.3 Å². The van der Waals surface area contributed by atoms with Gasteiger partial charge in [-0.2, -0.15) is 4.31 Å². The molecule has 138 valence electrons. The van der Waals surface area contributed by atoms with Crippen molar-refractivity contribution in [2.24, 2.45) is 0 Å². The quantitative estimate of drug-likeness (QED) is 0.753. The first-order valence-corrected chi connectivity index (χ1v) is 9.97. The highest BCUT2D eigenvalue weighted by atomic mass is 32.2. The van der Waals surface area contributed by atoms with E-state index in [0.717, 1.165) is 5.56 Å². The maximum absolute atomic E-state index is 12.5. The van der Waals surface area contributed by atoms with Crippen molar-refractivity contribution in [1.82, 2.24) is 4.31 Å².